The molecular weight excluding hydrogens is 388 g/mol. The first-order chi connectivity index (χ1) is 15.1. The average Bonchev–Trinajstić information content (AvgIpc) is 3.20. The summed E-state index contributed by atoms with van der Waals surface area (Å²) in [5.74, 6) is 0.627. The van der Waals surface area contributed by atoms with Crippen LogP contribution >= 0.6 is 0 Å². The lowest BCUT2D eigenvalue weighted by Crippen LogP contribution is -2.44. The first-order valence-corrected chi connectivity index (χ1v) is 10.9. The molecule has 4 rings (SSSR count). The maximum atomic E-state index is 12.7. The molecule has 1 aromatic carbocycles. The second-order valence-electron chi connectivity index (χ2n) is 8.34. The van der Waals surface area contributed by atoms with Crippen LogP contribution in [0.3, 0.4) is 0 Å². The molecule has 31 heavy (non-hydrogen) atoms. The molecule has 0 radical (unpaired) electrons. The molecule has 1 N–H and O–H groups in total. The predicted octanol–water partition coefficient (Wildman–Crippen LogP) is 4.07. The van der Waals surface area contributed by atoms with Crippen LogP contribution in [0, 0.1) is 0 Å². The number of rotatable bonds is 7. The number of allylic oxidation sites excluding steroid dienone is 1. The van der Waals surface area contributed by atoms with Gasteiger partial charge in [0.25, 0.3) is 5.91 Å². The van der Waals surface area contributed by atoms with Crippen LogP contribution in [-0.2, 0) is 6.61 Å². The Balaban J connectivity index is 1.29. The van der Waals surface area contributed by atoms with E-state index in [0.717, 1.165) is 43.8 Å². The molecule has 0 saturated carbocycles. The summed E-state index contributed by atoms with van der Waals surface area (Å²) in [7, 11) is 0. The van der Waals surface area contributed by atoms with Crippen molar-refractivity contribution in [2.75, 3.05) is 19.6 Å². The maximum Gasteiger partial charge on any atom is 0.251 e. The number of hydrogen-bond acceptors (Lipinski definition) is 4. The number of carbonyl (C=O) groups excluding carboxylic acids is 1. The second kappa shape index (κ2) is 9.79. The molecule has 162 valence electrons. The SMILES string of the molecule is CC(C)=CCN1CCC(NC(=O)c2cccc(OCc3cn4ccccc4n3)c2)CC1. The third-order valence-electron chi connectivity index (χ3n) is 5.58. The molecule has 6 nitrogen and oxygen atoms in total. The Morgan fingerprint density at radius 3 is 2.81 bits per heavy atom. The van der Waals surface area contributed by atoms with Gasteiger partial charge in [0, 0.05) is 43.6 Å². The number of nitrogens with zero attached hydrogens (tertiary/aromatic N) is 3. The van der Waals surface area contributed by atoms with Crippen molar-refractivity contribution in [2.24, 2.45) is 0 Å². The highest BCUT2D eigenvalue weighted by molar-refractivity contribution is 5.94. The summed E-state index contributed by atoms with van der Waals surface area (Å²) in [6.07, 6.45) is 8.13. The van der Waals surface area contributed by atoms with Crippen LogP contribution in [0.1, 0.15) is 42.7 Å². The molecule has 2 aromatic heterocycles. The van der Waals surface area contributed by atoms with Crippen molar-refractivity contribution in [1.82, 2.24) is 19.6 Å². The van der Waals surface area contributed by atoms with E-state index in [1.54, 1.807) is 6.07 Å². The van der Waals surface area contributed by atoms with Crippen molar-refractivity contribution in [1.29, 1.82) is 0 Å². The lowest BCUT2D eigenvalue weighted by atomic mass is 10.0. The van der Waals surface area contributed by atoms with Gasteiger partial charge in [0.15, 0.2) is 0 Å². The zero-order valence-electron chi connectivity index (χ0n) is 18.3. The number of ether oxygens (including phenoxy) is 1. The van der Waals surface area contributed by atoms with E-state index in [9.17, 15) is 4.79 Å². The highest BCUT2D eigenvalue weighted by atomic mass is 16.5. The molecule has 1 fully saturated rings. The standard InChI is InChI=1S/C25H30N4O2/c1-19(2)9-13-28-14-10-21(11-15-28)27-25(30)20-6-5-7-23(16-20)31-18-22-17-29-12-4-3-8-24(29)26-22/h3-9,12,16-17,21H,10-11,13-15,18H2,1-2H3,(H,27,30). The Hall–Kier alpha value is -3.12. The molecular formula is C25H30N4O2. The van der Waals surface area contributed by atoms with Gasteiger partial charge in [-0.05, 0) is 57.0 Å². The minimum absolute atomic E-state index is 0.0408. The molecule has 0 unspecified atom stereocenters. The third kappa shape index (κ3) is 5.73. The first kappa shape index (κ1) is 21.1. The van der Waals surface area contributed by atoms with Crippen LogP contribution in [0.5, 0.6) is 5.75 Å². The summed E-state index contributed by atoms with van der Waals surface area (Å²) in [4.78, 5) is 19.7. The summed E-state index contributed by atoms with van der Waals surface area (Å²) >= 11 is 0. The van der Waals surface area contributed by atoms with E-state index in [1.807, 2.05) is 53.2 Å². The number of fused-ring (bicyclic) bond motifs is 1. The summed E-state index contributed by atoms with van der Waals surface area (Å²) < 4.78 is 7.86. The number of imidazole rings is 1. The minimum Gasteiger partial charge on any atom is -0.487 e. The van der Waals surface area contributed by atoms with Crippen molar-refractivity contribution in [3.05, 3.63) is 77.8 Å². The fourth-order valence-corrected chi connectivity index (χ4v) is 3.78. The number of carbonyl (C=O) groups is 1. The monoisotopic (exact) mass is 418 g/mol. The van der Waals surface area contributed by atoms with E-state index < -0.39 is 0 Å². The van der Waals surface area contributed by atoms with Crippen molar-refractivity contribution in [2.45, 2.75) is 39.3 Å². The van der Waals surface area contributed by atoms with Gasteiger partial charge in [-0.2, -0.15) is 0 Å². The molecule has 0 aliphatic carbocycles. The molecule has 0 spiro atoms. The van der Waals surface area contributed by atoms with Crippen LogP contribution in [0.15, 0.2) is 66.5 Å². The molecule has 3 aromatic rings. The topological polar surface area (TPSA) is 58.9 Å². The molecule has 1 amide bonds. The van der Waals surface area contributed by atoms with E-state index in [2.05, 4.69) is 35.1 Å². The van der Waals surface area contributed by atoms with Crippen molar-refractivity contribution in [3.8, 4) is 5.75 Å². The second-order valence-corrected chi connectivity index (χ2v) is 8.34. The lowest BCUT2D eigenvalue weighted by molar-refractivity contribution is 0.0913. The van der Waals surface area contributed by atoms with Crippen molar-refractivity contribution in [3.63, 3.8) is 0 Å². The van der Waals surface area contributed by atoms with E-state index >= 15 is 0 Å². The fourth-order valence-electron chi connectivity index (χ4n) is 3.78. The summed E-state index contributed by atoms with van der Waals surface area (Å²) in [6, 6.07) is 13.5. The fraction of sp³-hybridized carbons (Fsp3) is 0.360. The smallest absolute Gasteiger partial charge is 0.251 e. The van der Waals surface area contributed by atoms with Crippen LogP contribution < -0.4 is 10.1 Å². The number of benzene rings is 1. The predicted molar refractivity (Wildman–Crippen MR) is 122 cm³/mol. The number of nitrogens with one attached hydrogen (secondary N) is 1. The normalized spacial score (nSPS) is 15.0. The largest absolute Gasteiger partial charge is 0.487 e. The van der Waals surface area contributed by atoms with E-state index in [1.165, 1.54) is 5.57 Å². The Bertz CT molecular complexity index is 1030. The molecule has 6 heteroatoms. The highest BCUT2D eigenvalue weighted by Crippen LogP contribution is 2.17. The molecule has 0 atom stereocenters. The van der Waals surface area contributed by atoms with Crippen molar-refractivity contribution < 1.29 is 9.53 Å². The Kier molecular flexibility index (Phi) is 6.67. The van der Waals surface area contributed by atoms with Gasteiger partial charge in [0.2, 0.25) is 0 Å². The molecule has 1 saturated heterocycles. The van der Waals surface area contributed by atoms with Crippen LogP contribution in [-0.4, -0.2) is 45.9 Å². The van der Waals surface area contributed by atoms with Gasteiger partial charge in [-0.1, -0.05) is 23.8 Å². The summed E-state index contributed by atoms with van der Waals surface area (Å²) in [5.41, 5.74) is 3.71. The third-order valence-corrected chi connectivity index (χ3v) is 5.58. The van der Waals surface area contributed by atoms with Gasteiger partial charge in [0.05, 0.1) is 5.69 Å². The molecule has 3 heterocycles. The molecule has 1 aliphatic heterocycles. The van der Waals surface area contributed by atoms with Gasteiger partial charge < -0.3 is 14.5 Å². The zero-order chi connectivity index (χ0) is 21.6. The van der Waals surface area contributed by atoms with Crippen LogP contribution in [0.25, 0.3) is 5.65 Å². The van der Waals surface area contributed by atoms with Gasteiger partial charge in [-0.3, -0.25) is 9.69 Å². The number of likely N-dealkylation sites (tertiary alicyclic amines) is 1. The van der Waals surface area contributed by atoms with E-state index in [4.69, 9.17) is 4.74 Å². The Labute approximate surface area is 183 Å². The lowest BCUT2D eigenvalue weighted by Gasteiger charge is -2.31. The average molecular weight is 419 g/mol. The van der Waals surface area contributed by atoms with E-state index in [0.29, 0.717) is 17.9 Å². The van der Waals surface area contributed by atoms with Gasteiger partial charge in [-0.15, -0.1) is 0 Å². The maximum absolute atomic E-state index is 12.7. The summed E-state index contributed by atoms with van der Waals surface area (Å²) in [5, 5.41) is 3.19. The van der Waals surface area contributed by atoms with Gasteiger partial charge in [0.1, 0.15) is 18.0 Å². The van der Waals surface area contributed by atoms with Gasteiger partial charge in [-0.25, -0.2) is 4.98 Å². The number of amides is 1. The minimum atomic E-state index is -0.0408. The Morgan fingerprint density at radius 2 is 2.03 bits per heavy atom. The summed E-state index contributed by atoms with van der Waals surface area (Å²) in [6.45, 7) is 7.63. The van der Waals surface area contributed by atoms with Crippen LogP contribution in [0.2, 0.25) is 0 Å². The molecule has 1 aliphatic rings. The van der Waals surface area contributed by atoms with Gasteiger partial charge >= 0.3 is 0 Å². The molecule has 0 bridgehead atoms. The quantitative estimate of drug-likeness (QED) is 0.588. The van der Waals surface area contributed by atoms with Crippen LogP contribution in [0.4, 0.5) is 0 Å². The zero-order valence-corrected chi connectivity index (χ0v) is 18.3. The number of aromatic nitrogens is 2. The van der Waals surface area contributed by atoms with Crippen molar-refractivity contribution >= 4 is 11.6 Å². The first-order valence-electron chi connectivity index (χ1n) is 10.9. The number of pyridine rings is 1. The Morgan fingerprint density at radius 1 is 1.19 bits per heavy atom. The number of hydrogen-bond donors (Lipinski definition) is 1. The highest BCUT2D eigenvalue weighted by Gasteiger charge is 2.20. The number of piperidine rings is 1. The van der Waals surface area contributed by atoms with E-state index in [-0.39, 0.29) is 11.9 Å².